The van der Waals surface area contributed by atoms with Crippen LogP contribution in [-0.4, -0.2) is 16.8 Å². The Morgan fingerprint density at radius 1 is 0.643 bits per heavy atom. The predicted octanol–water partition coefficient (Wildman–Crippen LogP) is 8.01. The maximum Gasteiger partial charge on any atom is 0.344 e. The highest BCUT2D eigenvalue weighted by atomic mass is 16.5. The summed E-state index contributed by atoms with van der Waals surface area (Å²) in [6, 6.07) is 20.3. The van der Waals surface area contributed by atoms with Gasteiger partial charge in [-0.2, -0.15) is 0 Å². The molecule has 5 aromatic rings. The van der Waals surface area contributed by atoms with Gasteiger partial charge in [-0.15, -0.1) is 0 Å². The average molecular weight is 569 g/mol. The fraction of sp³-hybridized carbons (Fsp3) is 0.314. The molecular formula is C35H36O7. The molecule has 0 aliphatic heterocycles. The standard InChI is InChI=1S/C35H36O7/c1-2-3-4-5-6-7-8-15-22-40-26-19-12-9-16-23(26)29(30-32(36)24-17-10-13-20-27(24)41-34(30)38)31-33(37)25-18-11-14-21-28(25)42-35(31)39/h9-14,16-21,29,36-37H,2-8,15,22H2,1H3. The van der Waals surface area contributed by atoms with E-state index in [-0.39, 0.29) is 33.8 Å². The molecule has 0 fully saturated rings. The SMILES string of the molecule is CCCCCCCCCCOc1ccccc1C(c1c(O)c2ccccc2oc1=O)c1c(O)c2ccccc2oc1=O. The molecule has 0 unspecified atom stereocenters. The Labute approximate surface area is 244 Å². The van der Waals surface area contributed by atoms with Gasteiger partial charge in [0.1, 0.15) is 28.4 Å². The topological polar surface area (TPSA) is 110 Å². The van der Waals surface area contributed by atoms with E-state index in [1.54, 1.807) is 72.8 Å². The molecule has 0 aliphatic carbocycles. The average Bonchev–Trinajstić information content (AvgIpc) is 2.99. The van der Waals surface area contributed by atoms with Crippen LogP contribution in [0.5, 0.6) is 17.2 Å². The van der Waals surface area contributed by atoms with E-state index in [0.717, 1.165) is 19.3 Å². The summed E-state index contributed by atoms with van der Waals surface area (Å²) in [4.78, 5) is 27.0. The highest BCUT2D eigenvalue weighted by Gasteiger charge is 2.34. The van der Waals surface area contributed by atoms with Crippen molar-refractivity contribution in [3.63, 3.8) is 0 Å². The zero-order chi connectivity index (χ0) is 29.5. The normalized spacial score (nSPS) is 11.5. The van der Waals surface area contributed by atoms with Gasteiger partial charge in [0.15, 0.2) is 0 Å². The molecule has 0 saturated heterocycles. The van der Waals surface area contributed by atoms with Crippen molar-refractivity contribution in [2.24, 2.45) is 0 Å². The Kier molecular flexibility index (Phi) is 9.27. The van der Waals surface area contributed by atoms with Crippen molar-refractivity contribution < 1.29 is 23.8 Å². The molecule has 3 aromatic carbocycles. The summed E-state index contributed by atoms with van der Waals surface area (Å²) < 4.78 is 17.4. The zero-order valence-corrected chi connectivity index (χ0v) is 23.8. The van der Waals surface area contributed by atoms with Crippen LogP contribution < -0.4 is 16.0 Å². The molecule has 2 N–H and O–H groups in total. The van der Waals surface area contributed by atoms with E-state index >= 15 is 0 Å². The van der Waals surface area contributed by atoms with Gasteiger partial charge < -0.3 is 23.8 Å². The lowest BCUT2D eigenvalue weighted by Gasteiger charge is -2.22. The molecule has 0 aliphatic rings. The smallest absolute Gasteiger partial charge is 0.344 e. The highest BCUT2D eigenvalue weighted by molar-refractivity contribution is 5.87. The van der Waals surface area contributed by atoms with Crippen LogP contribution >= 0.6 is 0 Å². The second-order valence-electron chi connectivity index (χ2n) is 10.6. The number of ether oxygens (including phenoxy) is 1. The Bertz CT molecular complexity index is 1680. The van der Waals surface area contributed by atoms with Gasteiger partial charge in [0.25, 0.3) is 0 Å². The van der Waals surface area contributed by atoms with Crippen molar-refractivity contribution in [3.8, 4) is 17.2 Å². The number of aromatic hydroxyl groups is 2. The van der Waals surface area contributed by atoms with Gasteiger partial charge >= 0.3 is 11.3 Å². The van der Waals surface area contributed by atoms with Crippen LogP contribution in [0.15, 0.2) is 91.2 Å². The van der Waals surface area contributed by atoms with Crippen molar-refractivity contribution >= 4 is 21.9 Å². The van der Waals surface area contributed by atoms with Crippen LogP contribution in [-0.2, 0) is 0 Å². The summed E-state index contributed by atoms with van der Waals surface area (Å²) >= 11 is 0. The van der Waals surface area contributed by atoms with Gasteiger partial charge in [-0.05, 0) is 36.8 Å². The summed E-state index contributed by atoms with van der Waals surface area (Å²) in [6.07, 6.45) is 9.23. The Morgan fingerprint density at radius 2 is 1.12 bits per heavy atom. The van der Waals surface area contributed by atoms with Crippen molar-refractivity contribution in [1.82, 2.24) is 0 Å². The van der Waals surface area contributed by atoms with Gasteiger partial charge in [0.05, 0.1) is 34.4 Å². The lowest BCUT2D eigenvalue weighted by Crippen LogP contribution is -2.22. The van der Waals surface area contributed by atoms with E-state index in [0.29, 0.717) is 28.7 Å². The molecule has 0 bridgehead atoms. The summed E-state index contributed by atoms with van der Waals surface area (Å²) in [6.45, 7) is 2.65. The highest BCUT2D eigenvalue weighted by Crippen LogP contribution is 2.44. The van der Waals surface area contributed by atoms with Crippen LogP contribution in [0, 0.1) is 0 Å². The van der Waals surface area contributed by atoms with Crippen molar-refractivity contribution in [1.29, 1.82) is 0 Å². The lowest BCUT2D eigenvalue weighted by molar-refractivity contribution is 0.300. The second kappa shape index (κ2) is 13.4. The van der Waals surface area contributed by atoms with Crippen molar-refractivity contribution in [3.05, 3.63) is 110 Å². The monoisotopic (exact) mass is 568 g/mol. The predicted molar refractivity (Wildman–Crippen MR) is 164 cm³/mol. The van der Waals surface area contributed by atoms with Gasteiger partial charge in [0.2, 0.25) is 0 Å². The third-order valence-corrected chi connectivity index (χ3v) is 7.70. The third-order valence-electron chi connectivity index (χ3n) is 7.70. The van der Waals surface area contributed by atoms with Crippen LogP contribution in [0.4, 0.5) is 0 Å². The zero-order valence-electron chi connectivity index (χ0n) is 23.8. The molecule has 42 heavy (non-hydrogen) atoms. The minimum atomic E-state index is -1.23. The summed E-state index contributed by atoms with van der Waals surface area (Å²) in [5.74, 6) is -1.47. The van der Waals surface area contributed by atoms with Gasteiger partial charge in [-0.25, -0.2) is 9.59 Å². The van der Waals surface area contributed by atoms with E-state index in [4.69, 9.17) is 13.6 Å². The molecule has 2 heterocycles. The first-order chi connectivity index (χ1) is 20.5. The van der Waals surface area contributed by atoms with Crippen molar-refractivity contribution in [2.45, 2.75) is 64.2 Å². The lowest BCUT2D eigenvalue weighted by atomic mass is 9.84. The first kappa shape index (κ1) is 29.0. The molecule has 0 atom stereocenters. The van der Waals surface area contributed by atoms with E-state index in [2.05, 4.69) is 6.92 Å². The van der Waals surface area contributed by atoms with Crippen LogP contribution in [0.3, 0.4) is 0 Å². The van der Waals surface area contributed by atoms with Gasteiger partial charge in [0, 0.05) is 5.56 Å². The quantitative estimate of drug-likeness (QED) is 0.109. The number of benzene rings is 3. The fourth-order valence-corrected chi connectivity index (χ4v) is 5.53. The Hall–Kier alpha value is -4.52. The van der Waals surface area contributed by atoms with E-state index in [1.807, 2.05) is 0 Å². The summed E-state index contributed by atoms with van der Waals surface area (Å²) in [7, 11) is 0. The third kappa shape index (κ3) is 6.05. The molecule has 0 saturated carbocycles. The summed E-state index contributed by atoms with van der Waals surface area (Å²) in [5.41, 5.74) is -1.20. The second-order valence-corrected chi connectivity index (χ2v) is 10.6. The van der Waals surface area contributed by atoms with E-state index in [9.17, 15) is 19.8 Å². The van der Waals surface area contributed by atoms with Gasteiger partial charge in [-0.1, -0.05) is 94.3 Å². The molecule has 5 rings (SSSR count). The van der Waals surface area contributed by atoms with Crippen LogP contribution in [0.25, 0.3) is 21.9 Å². The minimum Gasteiger partial charge on any atom is -0.507 e. The number of hydrogen-bond donors (Lipinski definition) is 2. The maximum atomic E-state index is 13.5. The first-order valence-electron chi connectivity index (χ1n) is 14.7. The maximum absolute atomic E-state index is 13.5. The number of fused-ring (bicyclic) bond motifs is 2. The molecule has 2 aromatic heterocycles. The molecule has 7 nitrogen and oxygen atoms in total. The molecule has 218 valence electrons. The number of hydrogen-bond acceptors (Lipinski definition) is 7. The number of rotatable bonds is 13. The van der Waals surface area contributed by atoms with E-state index in [1.165, 1.54) is 32.1 Å². The molecule has 0 amide bonds. The Morgan fingerprint density at radius 3 is 1.69 bits per heavy atom. The van der Waals surface area contributed by atoms with Crippen LogP contribution in [0.1, 0.15) is 80.9 Å². The minimum absolute atomic E-state index is 0.185. The number of unbranched alkanes of at least 4 members (excludes halogenated alkanes) is 7. The van der Waals surface area contributed by atoms with Crippen molar-refractivity contribution in [2.75, 3.05) is 6.61 Å². The number of para-hydroxylation sites is 3. The molecule has 7 heteroatoms. The van der Waals surface area contributed by atoms with Gasteiger partial charge in [-0.3, -0.25) is 0 Å². The molecule has 0 radical (unpaired) electrons. The summed E-state index contributed by atoms with van der Waals surface area (Å²) in [5, 5.41) is 23.5. The molecular weight excluding hydrogens is 532 g/mol. The Balaban J connectivity index is 1.57. The van der Waals surface area contributed by atoms with E-state index < -0.39 is 17.2 Å². The first-order valence-corrected chi connectivity index (χ1v) is 14.7. The molecule has 0 spiro atoms. The largest absolute Gasteiger partial charge is 0.507 e. The fourth-order valence-electron chi connectivity index (χ4n) is 5.53. The van der Waals surface area contributed by atoms with Crippen LogP contribution in [0.2, 0.25) is 0 Å².